The molecule has 0 saturated heterocycles. The van der Waals surface area contributed by atoms with E-state index in [1.807, 2.05) is 0 Å². The molecule has 0 fully saturated rings. The first-order valence-electron chi connectivity index (χ1n) is 4.98. The first kappa shape index (κ1) is 11.7. The molecule has 0 spiro atoms. The molecule has 0 aromatic heterocycles. The van der Waals surface area contributed by atoms with Crippen LogP contribution >= 0.6 is 0 Å². The van der Waals surface area contributed by atoms with Crippen LogP contribution in [0.5, 0.6) is 0 Å². The van der Waals surface area contributed by atoms with E-state index in [0.29, 0.717) is 11.8 Å². The third-order valence-electron chi connectivity index (χ3n) is 2.47. The molecule has 0 heterocycles. The van der Waals surface area contributed by atoms with Gasteiger partial charge in [0.15, 0.2) is 0 Å². The van der Waals surface area contributed by atoms with Crippen LogP contribution in [0.4, 0.5) is 0 Å². The maximum absolute atomic E-state index is 5.43. The SMILES string of the molecule is C=C(C(C)C)C(C)CCCCN. The topological polar surface area (TPSA) is 26.0 Å². The van der Waals surface area contributed by atoms with E-state index in [-0.39, 0.29) is 0 Å². The smallest absolute Gasteiger partial charge is 0.00773 e. The molecule has 2 N–H and O–H groups in total. The summed E-state index contributed by atoms with van der Waals surface area (Å²) in [5.41, 5.74) is 6.81. The van der Waals surface area contributed by atoms with Crippen molar-refractivity contribution >= 4 is 0 Å². The lowest BCUT2D eigenvalue weighted by Crippen LogP contribution is -2.06. The fourth-order valence-electron chi connectivity index (χ4n) is 1.35. The van der Waals surface area contributed by atoms with Gasteiger partial charge in [0.25, 0.3) is 0 Å². The first-order valence-corrected chi connectivity index (χ1v) is 4.98. The number of allylic oxidation sites excluding steroid dienone is 1. The molecule has 0 aliphatic carbocycles. The van der Waals surface area contributed by atoms with Gasteiger partial charge in [0.2, 0.25) is 0 Å². The summed E-state index contributed by atoms with van der Waals surface area (Å²) in [7, 11) is 0. The van der Waals surface area contributed by atoms with Crippen molar-refractivity contribution < 1.29 is 0 Å². The number of hydrogen-bond acceptors (Lipinski definition) is 1. The third-order valence-corrected chi connectivity index (χ3v) is 2.47. The molecular weight excluding hydrogens is 146 g/mol. The Morgan fingerprint density at radius 3 is 2.25 bits per heavy atom. The van der Waals surface area contributed by atoms with Crippen molar-refractivity contribution in [1.29, 1.82) is 0 Å². The van der Waals surface area contributed by atoms with Gasteiger partial charge in [-0.2, -0.15) is 0 Å². The number of nitrogens with two attached hydrogens (primary N) is 1. The Labute approximate surface area is 77.0 Å². The van der Waals surface area contributed by atoms with Crippen molar-refractivity contribution in [3.8, 4) is 0 Å². The van der Waals surface area contributed by atoms with Crippen molar-refractivity contribution in [1.82, 2.24) is 0 Å². The van der Waals surface area contributed by atoms with Crippen LogP contribution in [0.15, 0.2) is 12.2 Å². The molecule has 1 unspecified atom stereocenters. The summed E-state index contributed by atoms with van der Waals surface area (Å²) in [6.07, 6.45) is 3.63. The van der Waals surface area contributed by atoms with Gasteiger partial charge in [-0.25, -0.2) is 0 Å². The van der Waals surface area contributed by atoms with E-state index in [0.717, 1.165) is 13.0 Å². The van der Waals surface area contributed by atoms with Crippen LogP contribution in [0, 0.1) is 11.8 Å². The van der Waals surface area contributed by atoms with Crippen LogP contribution in [-0.4, -0.2) is 6.54 Å². The molecule has 0 aromatic carbocycles. The van der Waals surface area contributed by atoms with Crippen molar-refractivity contribution in [2.24, 2.45) is 17.6 Å². The van der Waals surface area contributed by atoms with Gasteiger partial charge in [-0.15, -0.1) is 0 Å². The van der Waals surface area contributed by atoms with E-state index in [1.54, 1.807) is 0 Å². The summed E-state index contributed by atoms with van der Waals surface area (Å²) in [6.45, 7) is 11.6. The Bertz CT molecular complexity index is 127. The average molecular weight is 169 g/mol. The highest BCUT2D eigenvalue weighted by molar-refractivity contribution is 5.01. The quantitative estimate of drug-likeness (QED) is 0.480. The summed E-state index contributed by atoms with van der Waals surface area (Å²) in [4.78, 5) is 0. The number of hydrogen-bond donors (Lipinski definition) is 1. The minimum absolute atomic E-state index is 0.623. The largest absolute Gasteiger partial charge is 0.330 e. The Kier molecular flexibility index (Phi) is 6.09. The van der Waals surface area contributed by atoms with Crippen LogP contribution in [0.2, 0.25) is 0 Å². The molecule has 12 heavy (non-hydrogen) atoms. The van der Waals surface area contributed by atoms with Crippen molar-refractivity contribution in [3.05, 3.63) is 12.2 Å². The Morgan fingerprint density at radius 1 is 1.25 bits per heavy atom. The minimum Gasteiger partial charge on any atom is -0.330 e. The van der Waals surface area contributed by atoms with E-state index in [1.165, 1.54) is 18.4 Å². The molecule has 1 atom stereocenters. The van der Waals surface area contributed by atoms with Gasteiger partial charge in [0.05, 0.1) is 0 Å². The zero-order chi connectivity index (χ0) is 9.56. The van der Waals surface area contributed by atoms with Gasteiger partial charge in [-0.3, -0.25) is 0 Å². The van der Waals surface area contributed by atoms with Crippen LogP contribution in [-0.2, 0) is 0 Å². The van der Waals surface area contributed by atoms with E-state index < -0.39 is 0 Å². The van der Waals surface area contributed by atoms with E-state index in [9.17, 15) is 0 Å². The monoisotopic (exact) mass is 169 g/mol. The van der Waals surface area contributed by atoms with E-state index >= 15 is 0 Å². The second kappa shape index (κ2) is 6.24. The Hall–Kier alpha value is -0.300. The highest BCUT2D eigenvalue weighted by Crippen LogP contribution is 2.22. The van der Waals surface area contributed by atoms with Crippen LogP contribution < -0.4 is 5.73 Å². The summed E-state index contributed by atoms with van der Waals surface area (Å²) in [6, 6.07) is 0. The fraction of sp³-hybridized carbons (Fsp3) is 0.818. The maximum atomic E-state index is 5.43. The van der Waals surface area contributed by atoms with Crippen molar-refractivity contribution in [2.45, 2.75) is 40.0 Å². The summed E-state index contributed by atoms with van der Waals surface area (Å²) in [5, 5.41) is 0. The van der Waals surface area contributed by atoms with Gasteiger partial charge < -0.3 is 5.73 Å². The Morgan fingerprint density at radius 2 is 1.83 bits per heavy atom. The molecular formula is C11H23N. The molecule has 0 bridgehead atoms. The lowest BCUT2D eigenvalue weighted by molar-refractivity contribution is 0.517. The maximum Gasteiger partial charge on any atom is -0.00773 e. The molecule has 0 aromatic rings. The second-order valence-corrected chi connectivity index (χ2v) is 3.92. The van der Waals surface area contributed by atoms with Crippen LogP contribution in [0.1, 0.15) is 40.0 Å². The van der Waals surface area contributed by atoms with E-state index in [2.05, 4.69) is 27.4 Å². The Balaban J connectivity index is 3.57. The predicted octanol–water partition coefficient (Wildman–Crippen LogP) is 2.96. The zero-order valence-electron chi connectivity index (χ0n) is 8.77. The molecule has 72 valence electrons. The van der Waals surface area contributed by atoms with Crippen LogP contribution in [0.3, 0.4) is 0 Å². The van der Waals surface area contributed by atoms with Crippen LogP contribution in [0.25, 0.3) is 0 Å². The molecule has 0 saturated carbocycles. The predicted molar refractivity (Wildman–Crippen MR) is 56.0 cm³/mol. The highest BCUT2D eigenvalue weighted by atomic mass is 14.5. The molecule has 1 nitrogen and oxygen atoms in total. The number of unbranched alkanes of at least 4 members (excludes halogenated alkanes) is 1. The molecule has 0 amide bonds. The molecule has 1 heteroatoms. The average Bonchev–Trinajstić information content (AvgIpc) is 2.03. The minimum atomic E-state index is 0.623. The zero-order valence-corrected chi connectivity index (χ0v) is 8.77. The summed E-state index contributed by atoms with van der Waals surface area (Å²) in [5.74, 6) is 1.29. The van der Waals surface area contributed by atoms with Gasteiger partial charge in [-0.1, -0.05) is 39.3 Å². The highest BCUT2D eigenvalue weighted by Gasteiger charge is 2.08. The van der Waals surface area contributed by atoms with Gasteiger partial charge in [0.1, 0.15) is 0 Å². The molecule has 0 rings (SSSR count). The third kappa shape index (κ3) is 4.55. The molecule has 0 radical (unpaired) electrons. The first-order chi connectivity index (χ1) is 5.59. The molecule has 0 aliphatic heterocycles. The summed E-state index contributed by atoms with van der Waals surface area (Å²) >= 11 is 0. The summed E-state index contributed by atoms with van der Waals surface area (Å²) < 4.78 is 0. The number of rotatable bonds is 6. The van der Waals surface area contributed by atoms with Gasteiger partial charge in [-0.05, 0) is 31.2 Å². The second-order valence-electron chi connectivity index (χ2n) is 3.92. The van der Waals surface area contributed by atoms with Crippen molar-refractivity contribution in [2.75, 3.05) is 6.54 Å². The normalized spacial score (nSPS) is 13.4. The lowest BCUT2D eigenvalue weighted by Gasteiger charge is -2.17. The molecule has 0 aliphatic rings. The van der Waals surface area contributed by atoms with Gasteiger partial charge in [0, 0.05) is 0 Å². The van der Waals surface area contributed by atoms with Crippen molar-refractivity contribution in [3.63, 3.8) is 0 Å². The lowest BCUT2D eigenvalue weighted by atomic mass is 9.89. The fourth-order valence-corrected chi connectivity index (χ4v) is 1.35. The van der Waals surface area contributed by atoms with Gasteiger partial charge >= 0.3 is 0 Å². The standard InChI is InChI=1S/C11H23N/c1-9(2)11(4)10(3)7-5-6-8-12/h9-10H,4-8,12H2,1-3H3. The van der Waals surface area contributed by atoms with E-state index in [4.69, 9.17) is 5.73 Å².